The highest BCUT2D eigenvalue weighted by molar-refractivity contribution is 7.46. The second kappa shape index (κ2) is 6.87. The standard InChI is InChI=1S/C8H15O6P/c1-7(2)8(9)3-4-13-5-6-14-15(10,11)12/h1,3-6H2,2H3,(H2,10,11,12). The number of rotatable bonds is 8. The molecule has 0 aliphatic heterocycles. The molecule has 7 heteroatoms. The molecular formula is C8H15O6P. The van der Waals surface area contributed by atoms with Crippen LogP contribution < -0.4 is 0 Å². The lowest BCUT2D eigenvalue weighted by atomic mass is 10.2. The topological polar surface area (TPSA) is 93.1 Å². The number of allylic oxidation sites excluding steroid dienone is 1. The third-order valence-electron chi connectivity index (χ3n) is 1.44. The SMILES string of the molecule is C=C(C)C(=O)CCOCCOP(=O)(O)O. The molecule has 6 nitrogen and oxygen atoms in total. The van der Waals surface area contributed by atoms with Crippen LogP contribution in [0.25, 0.3) is 0 Å². The third-order valence-corrected chi connectivity index (χ3v) is 1.96. The van der Waals surface area contributed by atoms with Gasteiger partial charge in [0, 0.05) is 6.42 Å². The van der Waals surface area contributed by atoms with Gasteiger partial charge in [-0.2, -0.15) is 0 Å². The molecule has 88 valence electrons. The van der Waals surface area contributed by atoms with Gasteiger partial charge in [0.1, 0.15) is 0 Å². The molecule has 0 atom stereocenters. The van der Waals surface area contributed by atoms with Crippen molar-refractivity contribution in [3.8, 4) is 0 Å². The molecule has 0 aliphatic rings. The van der Waals surface area contributed by atoms with Crippen LogP contribution in [0.2, 0.25) is 0 Å². The predicted molar refractivity (Wildman–Crippen MR) is 53.3 cm³/mol. The maximum Gasteiger partial charge on any atom is 0.469 e. The summed E-state index contributed by atoms with van der Waals surface area (Å²) >= 11 is 0. The second-order valence-electron chi connectivity index (χ2n) is 2.89. The van der Waals surface area contributed by atoms with Gasteiger partial charge in [-0.25, -0.2) is 4.57 Å². The minimum Gasteiger partial charge on any atom is -0.379 e. The minimum absolute atomic E-state index is 0.0363. The van der Waals surface area contributed by atoms with Gasteiger partial charge in [-0.1, -0.05) is 6.58 Å². The van der Waals surface area contributed by atoms with Crippen LogP contribution >= 0.6 is 7.82 Å². The number of phosphoric ester groups is 1. The van der Waals surface area contributed by atoms with E-state index in [9.17, 15) is 9.36 Å². The van der Waals surface area contributed by atoms with Gasteiger partial charge in [-0.15, -0.1) is 0 Å². The number of hydrogen-bond donors (Lipinski definition) is 2. The molecule has 2 N–H and O–H groups in total. The summed E-state index contributed by atoms with van der Waals surface area (Å²) in [5.41, 5.74) is 0.463. The van der Waals surface area contributed by atoms with E-state index >= 15 is 0 Å². The molecule has 0 fully saturated rings. The first-order valence-corrected chi connectivity index (χ1v) is 5.82. The average molecular weight is 238 g/mol. The predicted octanol–water partition coefficient (Wildman–Crippen LogP) is 0.648. The number of carbonyl (C=O) groups is 1. The molecule has 15 heavy (non-hydrogen) atoms. The van der Waals surface area contributed by atoms with E-state index in [0.29, 0.717) is 5.57 Å². The average Bonchev–Trinajstić information content (AvgIpc) is 2.08. The van der Waals surface area contributed by atoms with Crippen LogP contribution in [0, 0.1) is 0 Å². The molecule has 0 amide bonds. The summed E-state index contributed by atoms with van der Waals surface area (Å²) in [6.07, 6.45) is 0.214. The normalized spacial score (nSPS) is 11.4. The maximum atomic E-state index is 11.0. The summed E-state index contributed by atoms with van der Waals surface area (Å²) in [5, 5.41) is 0. The first-order chi connectivity index (χ1) is 6.83. The first-order valence-electron chi connectivity index (χ1n) is 4.29. The van der Waals surface area contributed by atoms with E-state index in [-0.39, 0.29) is 32.0 Å². The first kappa shape index (κ1) is 14.5. The summed E-state index contributed by atoms with van der Waals surface area (Å²) in [6.45, 7) is 5.10. The molecule has 0 aromatic heterocycles. The van der Waals surface area contributed by atoms with Crippen molar-refractivity contribution in [1.29, 1.82) is 0 Å². The number of phosphoric acid groups is 1. The zero-order valence-corrected chi connectivity index (χ0v) is 9.40. The van der Waals surface area contributed by atoms with Gasteiger partial charge < -0.3 is 14.5 Å². The lowest BCUT2D eigenvalue weighted by Crippen LogP contribution is -2.08. The van der Waals surface area contributed by atoms with Crippen LogP contribution in [-0.2, 0) is 18.6 Å². The lowest BCUT2D eigenvalue weighted by Gasteiger charge is -2.05. The number of carbonyl (C=O) groups excluding carboxylic acids is 1. The second-order valence-corrected chi connectivity index (χ2v) is 4.13. The van der Waals surface area contributed by atoms with Gasteiger partial charge in [0.05, 0.1) is 19.8 Å². The zero-order valence-electron chi connectivity index (χ0n) is 8.51. The van der Waals surface area contributed by atoms with E-state index in [1.807, 2.05) is 0 Å². The number of Topliss-reactive ketones (excluding diaryl/α,β-unsaturated/α-hetero) is 1. The molecule has 0 aromatic rings. The van der Waals surface area contributed by atoms with Crippen LogP contribution in [0.4, 0.5) is 0 Å². The molecule has 0 heterocycles. The molecule has 0 unspecified atom stereocenters. The Balaban J connectivity index is 3.37. The summed E-state index contributed by atoms with van der Waals surface area (Å²) in [5.74, 6) is -0.0918. The van der Waals surface area contributed by atoms with Crippen molar-refractivity contribution in [3.05, 3.63) is 12.2 Å². The largest absolute Gasteiger partial charge is 0.469 e. The fourth-order valence-electron chi connectivity index (χ4n) is 0.695. The van der Waals surface area contributed by atoms with Crippen molar-refractivity contribution >= 4 is 13.6 Å². The summed E-state index contributed by atoms with van der Waals surface area (Å²) in [7, 11) is -4.41. The van der Waals surface area contributed by atoms with E-state index in [1.165, 1.54) is 0 Å². The van der Waals surface area contributed by atoms with Crippen molar-refractivity contribution in [3.63, 3.8) is 0 Å². The number of ketones is 1. The van der Waals surface area contributed by atoms with E-state index in [1.54, 1.807) is 6.92 Å². The van der Waals surface area contributed by atoms with E-state index in [0.717, 1.165) is 0 Å². The highest BCUT2D eigenvalue weighted by Gasteiger charge is 2.12. The summed E-state index contributed by atoms with van der Waals surface area (Å²) in [4.78, 5) is 27.6. The molecule has 0 rings (SSSR count). The summed E-state index contributed by atoms with van der Waals surface area (Å²) in [6, 6.07) is 0. The zero-order chi connectivity index (χ0) is 11.9. The van der Waals surface area contributed by atoms with Crippen molar-refractivity contribution in [1.82, 2.24) is 0 Å². The molecule has 0 saturated heterocycles. The Bertz CT molecular complexity index is 268. The minimum atomic E-state index is -4.41. The Morgan fingerprint density at radius 1 is 1.33 bits per heavy atom. The fraction of sp³-hybridized carbons (Fsp3) is 0.625. The maximum absolute atomic E-state index is 11.0. The van der Waals surface area contributed by atoms with Crippen LogP contribution in [0.15, 0.2) is 12.2 Å². The number of ether oxygens (including phenoxy) is 1. The van der Waals surface area contributed by atoms with E-state index in [2.05, 4.69) is 11.1 Å². The van der Waals surface area contributed by atoms with Crippen molar-refractivity contribution in [2.45, 2.75) is 13.3 Å². The molecule has 0 aliphatic carbocycles. The highest BCUT2D eigenvalue weighted by atomic mass is 31.2. The Kier molecular flexibility index (Phi) is 6.63. The van der Waals surface area contributed by atoms with Crippen LogP contribution in [0.3, 0.4) is 0 Å². The third kappa shape index (κ3) is 9.78. The van der Waals surface area contributed by atoms with Gasteiger partial charge >= 0.3 is 7.82 Å². The number of hydrogen-bond acceptors (Lipinski definition) is 4. The Morgan fingerprint density at radius 2 is 1.93 bits per heavy atom. The van der Waals surface area contributed by atoms with Crippen molar-refractivity contribution in [2.75, 3.05) is 19.8 Å². The molecular weight excluding hydrogens is 223 g/mol. The van der Waals surface area contributed by atoms with Gasteiger partial charge in [0.15, 0.2) is 5.78 Å². The Morgan fingerprint density at radius 3 is 2.40 bits per heavy atom. The van der Waals surface area contributed by atoms with Gasteiger partial charge in [-0.05, 0) is 12.5 Å². The fourth-order valence-corrected chi connectivity index (χ4v) is 1.01. The molecule has 0 spiro atoms. The molecule has 0 saturated carbocycles. The summed E-state index contributed by atoms with van der Waals surface area (Å²) < 4.78 is 19.3. The van der Waals surface area contributed by atoms with Crippen molar-refractivity contribution < 1.29 is 28.4 Å². The molecule has 0 aromatic carbocycles. The van der Waals surface area contributed by atoms with Crippen molar-refractivity contribution in [2.24, 2.45) is 0 Å². The smallest absolute Gasteiger partial charge is 0.379 e. The van der Waals surface area contributed by atoms with Gasteiger partial charge in [0.25, 0.3) is 0 Å². The Labute approximate surface area is 88.1 Å². The highest BCUT2D eigenvalue weighted by Crippen LogP contribution is 2.35. The monoisotopic (exact) mass is 238 g/mol. The molecule has 0 bridgehead atoms. The molecule has 0 radical (unpaired) electrons. The Hall–Kier alpha value is -0.520. The van der Waals surface area contributed by atoms with E-state index in [4.69, 9.17) is 14.5 Å². The van der Waals surface area contributed by atoms with Gasteiger partial charge in [-0.3, -0.25) is 9.32 Å². The van der Waals surface area contributed by atoms with Crippen LogP contribution in [-0.4, -0.2) is 35.4 Å². The quantitative estimate of drug-likeness (QED) is 0.366. The van der Waals surface area contributed by atoms with Crippen LogP contribution in [0.5, 0.6) is 0 Å². The van der Waals surface area contributed by atoms with E-state index < -0.39 is 7.82 Å². The van der Waals surface area contributed by atoms with Gasteiger partial charge in [0.2, 0.25) is 0 Å². The lowest BCUT2D eigenvalue weighted by molar-refractivity contribution is -0.116. The van der Waals surface area contributed by atoms with Crippen LogP contribution in [0.1, 0.15) is 13.3 Å².